The Labute approximate surface area is 474 Å². The van der Waals surface area contributed by atoms with E-state index in [9.17, 15) is 0 Å². The minimum absolute atomic E-state index is 0.0151. The Hall–Kier alpha value is -1.87. The molecule has 6 rings (SSSR count). The van der Waals surface area contributed by atoms with Crippen LogP contribution in [-0.4, -0.2) is 133 Å². The third kappa shape index (κ3) is 20.2. The fourth-order valence-electron chi connectivity index (χ4n) is 16.9. The minimum Gasteiger partial charge on any atom is -0.338 e. The van der Waals surface area contributed by atoms with Crippen molar-refractivity contribution in [2.45, 2.75) is 359 Å². The molecule has 6 heterocycles. The number of unbranched alkanes of at least 4 members (excludes halogenated alkanes) is 7. The van der Waals surface area contributed by atoms with E-state index in [1.165, 1.54) is 64.2 Å². The van der Waals surface area contributed by atoms with E-state index in [4.69, 9.17) is 15.0 Å². The average molecular weight is 1080 g/mol. The maximum absolute atomic E-state index is 5.87. The first kappa shape index (κ1) is 64.3. The van der Waals surface area contributed by atoms with Crippen LogP contribution in [0.3, 0.4) is 0 Å². The molecule has 0 atom stereocenters. The predicted octanol–water partition coefficient (Wildman–Crippen LogP) is 11.9. The van der Waals surface area contributed by atoms with E-state index in [0.717, 1.165) is 115 Å². The lowest BCUT2D eigenvalue weighted by Gasteiger charge is -2.51. The van der Waals surface area contributed by atoms with Gasteiger partial charge >= 0.3 is 0 Å². The van der Waals surface area contributed by atoms with Crippen LogP contribution in [0.2, 0.25) is 0 Å². The van der Waals surface area contributed by atoms with Gasteiger partial charge in [-0.25, -0.2) is 0 Å². The largest absolute Gasteiger partial charge is 0.338 e. The van der Waals surface area contributed by atoms with Crippen molar-refractivity contribution in [3.05, 3.63) is 0 Å². The Morgan fingerprint density at radius 1 is 0.325 bits per heavy atom. The summed E-state index contributed by atoms with van der Waals surface area (Å²) in [5.41, 5.74) is 0.478. The molecule has 5 saturated heterocycles. The van der Waals surface area contributed by atoms with Gasteiger partial charge in [0.15, 0.2) is 0 Å². The molecule has 77 heavy (non-hydrogen) atoms. The van der Waals surface area contributed by atoms with Gasteiger partial charge in [0.25, 0.3) is 0 Å². The van der Waals surface area contributed by atoms with Gasteiger partial charge in [-0.3, -0.25) is 0 Å². The van der Waals surface area contributed by atoms with Gasteiger partial charge in [0, 0.05) is 105 Å². The topological polar surface area (TPSA) is 133 Å². The zero-order chi connectivity index (χ0) is 57.1. The molecular weight excluding hydrogens is 951 g/mol. The van der Waals surface area contributed by atoms with Crippen LogP contribution in [0.15, 0.2) is 0 Å². The van der Waals surface area contributed by atoms with E-state index < -0.39 is 0 Å². The predicted molar refractivity (Wildman–Crippen MR) is 331 cm³/mol. The summed E-state index contributed by atoms with van der Waals surface area (Å²) in [6.45, 7) is 55.0. The van der Waals surface area contributed by atoms with E-state index in [0.29, 0.717) is 30.2 Å². The lowest BCUT2D eigenvalue weighted by molar-refractivity contribution is 0.145. The van der Waals surface area contributed by atoms with Crippen molar-refractivity contribution in [2.75, 3.05) is 47.4 Å². The Bertz CT molecular complexity index is 1810. The molecule has 0 amide bonds. The number of nitrogens with zero attached hydrogens (tertiary/aromatic N) is 6. The highest BCUT2D eigenvalue weighted by atomic mass is 15.4. The lowest BCUT2D eigenvalue weighted by Crippen LogP contribution is -2.63. The Morgan fingerprint density at radius 3 is 0.792 bits per heavy atom. The van der Waals surface area contributed by atoms with Crippen molar-refractivity contribution in [1.82, 2.24) is 52.2 Å². The summed E-state index contributed by atoms with van der Waals surface area (Å²) >= 11 is 0. The van der Waals surface area contributed by atoms with E-state index in [2.05, 4.69) is 197 Å². The number of rotatable bonds is 25. The summed E-state index contributed by atoms with van der Waals surface area (Å²) in [5.74, 6) is 2.67. The van der Waals surface area contributed by atoms with Crippen LogP contribution in [0, 0.1) is 0 Å². The standard InChI is InChI=1S/C64H125N13/c1-22-23-34-75(49-41-59(10,11)72-60(12,13)42-49)52-67-53(76(50-43-61(14,15)73-62(16,17)44-50)35-30-26-24-28-32-65-47-37-55(2,3)70-56(4,5)38-47)69-54(68-52)77(51-45-63(18,19)74-64(20,21)46-51)36-31-27-25-29-33-66-48-39-57(6,7)71-58(8,9)40-48/h47-51,65-66,70-74H,22-46H2,1-21H3. The normalized spacial score (nSPS) is 25.8. The molecule has 1 aromatic rings. The molecule has 446 valence electrons. The number of nitrogens with one attached hydrogen (secondary N) is 7. The van der Waals surface area contributed by atoms with Crippen LogP contribution in [0.1, 0.15) is 274 Å². The Balaban J connectivity index is 1.33. The number of aromatic nitrogens is 3. The fraction of sp³-hybridized carbons (Fsp3) is 0.953. The SMILES string of the molecule is CCCCN(c1nc(N(CCCCCCNC2CC(C)(C)NC(C)(C)C2)C2CC(C)(C)NC(C)(C)C2)nc(N(CCCCCCNC2CC(C)(C)NC(C)(C)C2)C2CC(C)(C)NC(C)(C)C2)n1)C1CC(C)(C)NC(C)(C)C1. The molecule has 13 nitrogen and oxygen atoms in total. The van der Waals surface area contributed by atoms with E-state index in [-0.39, 0.29) is 55.4 Å². The monoisotopic (exact) mass is 1080 g/mol. The average Bonchev–Trinajstić information content (AvgIpc) is 3.20. The number of anilines is 3. The van der Waals surface area contributed by atoms with Gasteiger partial charge in [0.2, 0.25) is 17.8 Å². The molecule has 0 unspecified atom stereocenters. The van der Waals surface area contributed by atoms with Gasteiger partial charge in [-0.1, -0.05) is 39.0 Å². The van der Waals surface area contributed by atoms with Crippen LogP contribution >= 0.6 is 0 Å². The van der Waals surface area contributed by atoms with Crippen molar-refractivity contribution < 1.29 is 0 Å². The molecular formula is C64H125N13. The van der Waals surface area contributed by atoms with Gasteiger partial charge < -0.3 is 51.9 Å². The maximum Gasteiger partial charge on any atom is 0.232 e. The highest BCUT2D eigenvalue weighted by Gasteiger charge is 2.46. The van der Waals surface area contributed by atoms with Crippen molar-refractivity contribution in [2.24, 2.45) is 0 Å². The van der Waals surface area contributed by atoms with Crippen LogP contribution in [0.4, 0.5) is 17.8 Å². The summed E-state index contributed by atoms with van der Waals surface area (Å²) in [6, 6.07) is 2.00. The molecule has 5 aliphatic heterocycles. The molecule has 5 aliphatic rings. The number of hydrogen-bond donors (Lipinski definition) is 7. The van der Waals surface area contributed by atoms with Gasteiger partial charge in [-0.2, -0.15) is 15.0 Å². The van der Waals surface area contributed by atoms with Crippen molar-refractivity contribution in [3.8, 4) is 0 Å². The quantitative estimate of drug-likeness (QED) is 0.0469. The first-order chi connectivity index (χ1) is 35.4. The van der Waals surface area contributed by atoms with Crippen molar-refractivity contribution in [3.63, 3.8) is 0 Å². The molecule has 0 aromatic carbocycles. The van der Waals surface area contributed by atoms with E-state index in [1.807, 2.05) is 0 Å². The highest BCUT2D eigenvalue weighted by molar-refractivity contribution is 5.49. The number of piperidine rings is 5. The first-order valence-corrected chi connectivity index (χ1v) is 31.8. The fourth-order valence-corrected chi connectivity index (χ4v) is 16.9. The van der Waals surface area contributed by atoms with Gasteiger partial charge in [0.1, 0.15) is 0 Å². The zero-order valence-electron chi connectivity index (χ0n) is 54.2. The molecule has 1 aromatic heterocycles. The molecule has 5 fully saturated rings. The smallest absolute Gasteiger partial charge is 0.232 e. The summed E-state index contributed by atoms with van der Waals surface area (Å²) in [7, 11) is 0. The molecule has 7 N–H and O–H groups in total. The number of hydrogen-bond acceptors (Lipinski definition) is 13. The molecule has 0 spiro atoms. The van der Waals surface area contributed by atoms with Crippen LogP contribution in [0.25, 0.3) is 0 Å². The van der Waals surface area contributed by atoms with Crippen LogP contribution in [-0.2, 0) is 0 Å². The minimum atomic E-state index is -0.0270. The van der Waals surface area contributed by atoms with Gasteiger partial charge in [0.05, 0.1) is 0 Å². The second-order valence-electron chi connectivity index (χ2n) is 32.8. The van der Waals surface area contributed by atoms with Crippen molar-refractivity contribution in [1.29, 1.82) is 0 Å². The molecule has 0 saturated carbocycles. The second-order valence-corrected chi connectivity index (χ2v) is 32.8. The molecule has 0 aliphatic carbocycles. The van der Waals surface area contributed by atoms with Crippen LogP contribution < -0.4 is 51.9 Å². The van der Waals surface area contributed by atoms with Gasteiger partial charge in [-0.05, 0) is 248 Å². The summed E-state index contributed by atoms with van der Waals surface area (Å²) in [6.07, 6.45) is 22.7. The summed E-state index contributed by atoms with van der Waals surface area (Å²) in [5, 5.41) is 27.8. The molecule has 0 bridgehead atoms. The van der Waals surface area contributed by atoms with Crippen LogP contribution in [0.5, 0.6) is 0 Å². The molecule has 13 heteroatoms. The Morgan fingerprint density at radius 2 is 0.545 bits per heavy atom. The highest BCUT2D eigenvalue weighted by Crippen LogP contribution is 2.40. The second kappa shape index (κ2) is 24.9. The lowest BCUT2D eigenvalue weighted by atomic mass is 9.79. The van der Waals surface area contributed by atoms with Crippen molar-refractivity contribution >= 4 is 17.8 Å². The third-order valence-electron chi connectivity index (χ3n) is 17.8. The third-order valence-corrected chi connectivity index (χ3v) is 17.8. The van der Waals surface area contributed by atoms with E-state index in [1.54, 1.807) is 0 Å². The summed E-state index contributed by atoms with van der Waals surface area (Å²) in [4.78, 5) is 25.6. The first-order valence-electron chi connectivity index (χ1n) is 31.8. The molecule has 0 radical (unpaired) electrons. The van der Waals surface area contributed by atoms with Gasteiger partial charge in [-0.15, -0.1) is 0 Å². The zero-order valence-corrected chi connectivity index (χ0v) is 54.2. The van der Waals surface area contributed by atoms with E-state index >= 15 is 0 Å². The maximum atomic E-state index is 5.87. The summed E-state index contributed by atoms with van der Waals surface area (Å²) < 4.78 is 0. The Kier molecular flexibility index (Phi) is 20.8.